The van der Waals surface area contributed by atoms with Crippen molar-refractivity contribution in [3.63, 3.8) is 0 Å². The Bertz CT molecular complexity index is 1560. The summed E-state index contributed by atoms with van der Waals surface area (Å²) in [6.45, 7) is 3.87. The second kappa shape index (κ2) is 11.1. The summed E-state index contributed by atoms with van der Waals surface area (Å²) in [6.07, 6.45) is 5.98. The minimum Gasteiger partial charge on any atom is -0.429 e. The van der Waals surface area contributed by atoms with Crippen LogP contribution in [0.15, 0.2) is 61.2 Å². The number of hydrogen-bond acceptors (Lipinski definition) is 3. The molecule has 0 saturated heterocycles. The predicted molar refractivity (Wildman–Crippen MR) is 140 cm³/mol. The number of hydrogen-bond donors (Lipinski definition) is 0. The largest absolute Gasteiger partial charge is 0.432 e. The normalized spacial score (nSPS) is 18.0. The topological polar surface area (TPSA) is 22.1 Å². The first kappa shape index (κ1) is 27.9. The number of nitrogens with zero attached hydrogens (tertiary/aromatic N) is 1. The molecule has 3 aromatic carbocycles. The van der Waals surface area contributed by atoms with E-state index in [-0.39, 0.29) is 22.7 Å². The van der Waals surface area contributed by atoms with Crippen LogP contribution in [0.5, 0.6) is 5.75 Å². The summed E-state index contributed by atoms with van der Waals surface area (Å²) in [5, 5.41) is 0.204. The van der Waals surface area contributed by atoms with E-state index in [1.165, 1.54) is 0 Å². The van der Waals surface area contributed by atoms with Gasteiger partial charge in [0.1, 0.15) is 28.0 Å². The zero-order valence-electron chi connectivity index (χ0n) is 20.9. The van der Waals surface area contributed by atoms with E-state index in [2.05, 4.69) is 22.4 Å². The van der Waals surface area contributed by atoms with Gasteiger partial charge < -0.3 is 4.74 Å². The molecule has 0 radical (unpaired) electrons. The molecule has 5 rings (SSSR count). The van der Waals surface area contributed by atoms with E-state index >= 15 is 0 Å². The average molecular weight is 578 g/mol. The molecule has 1 fully saturated rings. The van der Waals surface area contributed by atoms with Crippen LogP contribution in [0, 0.1) is 40.9 Å². The SMILES string of the molecule is C=CC1CCC(/C=C/c2ccc3nc(-c4cc(F)c(C(F)(F)Oc5cc(F)c(F)c(F)c5)c(F)c4)sc3c2)CC1. The highest BCUT2D eigenvalue weighted by atomic mass is 32.1. The Labute approximate surface area is 229 Å². The number of allylic oxidation sites excluding steroid dienone is 2. The second-order valence-corrected chi connectivity index (χ2v) is 10.7. The minimum atomic E-state index is -4.66. The molecule has 208 valence electrons. The van der Waals surface area contributed by atoms with E-state index in [1.54, 1.807) is 6.07 Å². The van der Waals surface area contributed by atoms with Gasteiger partial charge in [-0.25, -0.2) is 26.9 Å². The van der Waals surface area contributed by atoms with Crippen molar-refractivity contribution >= 4 is 27.6 Å². The lowest BCUT2D eigenvalue weighted by Gasteiger charge is -2.24. The van der Waals surface area contributed by atoms with Crippen molar-refractivity contribution in [3.05, 3.63) is 101 Å². The van der Waals surface area contributed by atoms with E-state index in [1.807, 2.05) is 24.3 Å². The first-order valence-corrected chi connectivity index (χ1v) is 13.3. The molecule has 1 heterocycles. The lowest BCUT2D eigenvalue weighted by molar-refractivity contribution is -0.189. The molecule has 0 unspecified atom stereocenters. The van der Waals surface area contributed by atoms with Crippen molar-refractivity contribution in [3.8, 4) is 16.3 Å². The molecule has 2 nitrogen and oxygen atoms in total. The molecule has 0 amide bonds. The maximum Gasteiger partial charge on any atom is 0.432 e. The quantitative estimate of drug-likeness (QED) is 0.124. The lowest BCUT2D eigenvalue weighted by Crippen LogP contribution is -2.25. The van der Waals surface area contributed by atoms with Crippen LogP contribution in [0.4, 0.5) is 30.7 Å². The van der Waals surface area contributed by atoms with Gasteiger partial charge in [-0.2, -0.15) is 8.78 Å². The first-order chi connectivity index (χ1) is 19.0. The number of benzene rings is 3. The highest BCUT2D eigenvalue weighted by Gasteiger charge is 2.41. The molecule has 1 aliphatic carbocycles. The molecule has 40 heavy (non-hydrogen) atoms. The van der Waals surface area contributed by atoms with E-state index in [9.17, 15) is 30.7 Å². The highest BCUT2D eigenvalue weighted by Crippen LogP contribution is 2.39. The summed E-state index contributed by atoms with van der Waals surface area (Å²) < 4.78 is 104. The molecule has 0 bridgehead atoms. The van der Waals surface area contributed by atoms with Gasteiger partial charge >= 0.3 is 6.11 Å². The first-order valence-electron chi connectivity index (χ1n) is 12.5. The number of aromatic nitrogens is 1. The van der Waals surface area contributed by atoms with Gasteiger partial charge in [0.05, 0.1) is 10.2 Å². The molecule has 10 heteroatoms. The van der Waals surface area contributed by atoms with Gasteiger partial charge in [-0.15, -0.1) is 17.9 Å². The summed E-state index contributed by atoms with van der Waals surface area (Å²) >= 11 is 1.14. The van der Waals surface area contributed by atoms with Gasteiger partial charge in [0.15, 0.2) is 17.5 Å². The summed E-state index contributed by atoms with van der Waals surface area (Å²) in [7, 11) is 0. The number of halogens is 7. The number of fused-ring (bicyclic) bond motifs is 1. The van der Waals surface area contributed by atoms with Crippen LogP contribution >= 0.6 is 11.3 Å². The van der Waals surface area contributed by atoms with Crippen LogP contribution in [0.3, 0.4) is 0 Å². The van der Waals surface area contributed by atoms with E-state index < -0.39 is 46.5 Å². The Morgan fingerprint density at radius 2 is 1.48 bits per heavy atom. The molecule has 4 aromatic rings. The molecule has 1 aromatic heterocycles. The van der Waals surface area contributed by atoms with E-state index in [4.69, 9.17) is 0 Å². The smallest absolute Gasteiger partial charge is 0.429 e. The molecular weight excluding hydrogens is 555 g/mol. The molecule has 0 aliphatic heterocycles. The fourth-order valence-corrected chi connectivity index (χ4v) is 5.75. The van der Waals surface area contributed by atoms with Crippen molar-refractivity contribution in [1.82, 2.24) is 4.98 Å². The number of ether oxygens (including phenoxy) is 1. The summed E-state index contributed by atoms with van der Waals surface area (Å²) in [5.41, 5.74) is -0.336. The zero-order chi connectivity index (χ0) is 28.6. The molecule has 0 atom stereocenters. The van der Waals surface area contributed by atoms with Crippen LogP contribution in [0.25, 0.3) is 26.9 Å². The summed E-state index contributed by atoms with van der Waals surface area (Å²) in [6, 6.07) is 7.20. The van der Waals surface area contributed by atoms with Crippen LogP contribution in [0.1, 0.15) is 36.8 Å². The Morgan fingerprint density at radius 3 is 2.10 bits per heavy atom. The predicted octanol–water partition coefficient (Wildman–Crippen LogP) is 9.79. The van der Waals surface area contributed by atoms with Crippen LogP contribution in [0.2, 0.25) is 0 Å². The van der Waals surface area contributed by atoms with Gasteiger partial charge in [0.25, 0.3) is 0 Å². The lowest BCUT2D eigenvalue weighted by atomic mass is 9.82. The molecular formula is C30H22F7NOS. The molecule has 0 N–H and O–H groups in total. The van der Waals surface area contributed by atoms with Crippen molar-refractivity contribution in [2.45, 2.75) is 31.8 Å². The van der Waals surface area contributed by atoms with Gasteiger partial charge in [0, 0.05) is 17.7 Å². The van der Waals surface area contributed by atoms with Gasteiger partial charge in [-0.3, -0.25) is 0 Å². The molecule has 1 saturated carbocycles. The highest BCUT2D eigenvalue weighted by molar-refractivity contribution is 7.21. The van der Waals surface area contributed by atoms with E-state index in [0.717, 1.165) is 47.3 Å². The van der Waals surface area contributed by atoms with Gasteiger partial charge in [0.2, 0.25) is 0 Å². The number of thiazole rings is 1. The van der Waals surface area contributed by atoms with Gasteiger partial charge in [-0.05, 0) is 67.3 Å². The zero-order valence-corrected chi connectivity index (χ0v) is 21.7. The third-order valence-corrected chi connectivity index (χ3v) is 7.97. The van der Waals surface area contributed by atoms with Crippen molar-refractivity contribution in [1.29, 1.82) is 0 Å². The Kier molecular flexibility index (Phi) is 7.72. The fraction of sp³-hybridized carbons (Fsp3) is 0.233. The summed E-state index contributed by atoms with van der Waals surface area (Å²) in [4.78, 5) is 4.38. The fourth-order valence-electron chi connectivity index (χ4n) is 4.75. The Hall–Kier alpha value is -3.66. The van der Waals surface area contributed by atoms with Crippen molar-refractivity contribution in [2.24, 2.45) is 11.8 Å². The molecule has 0 spiro atoms. The maximum absolute atomic E-state index is 14.8. The molecule has 1 aliphatic rings. The standard InChI is InChI=1S/C30H22F7NOS/c1-2-16-3-5-17(6-4-16)7-8-18-9-10-25-26(11-18)40-29(38-25)19-12-21(31)27(22(32)13-19)30(36,37)39-20-14-23(33)28(35)24(34)15-20/h2,7-17H,1,3-6H2/b8-7+. The third kappa shape index (κ3) is 5.77. The van der Waals surface area contributed by atoms with Crippen LogP contribution in [-0.2, 0) is 6.11 Å². The number of rotatable bonds is 7. The number of alkyl halides is 2. The second-order valence-electron chi connectivity index (χ2n) is 9.65. The third-order valence-electron chi connectivity index (χ3n) is 6.91. The van der Waals surface area contributed by atoms with Crippen LogP contribution < -0.4 is 4.74 Å². The minimum absolute atomic E-state index is 0.0781. The van der Waals surface area contributed by atoms with Crippen LogP contribution in [-0.4, -0.2) is 4.98 Å². The maximum atomic E-state index is 14.8. The van der Waals surface area contributed by atoms with Gasteiger partial charge in [-0.1, -0.05) is 24.3 Å². The van der Waals surface area contributed by atoms with E-state index in [0.29, 0.717) is 29.5 Å². The summed E-state index contributed by atoms with van der Waals surface area (Å²) in [5.74, 6) is -8.90. The monoisotopic (exact) mass is 577 g/mol. The Morgan fingerprint density at radius 1 is 0.850 bits per heavy atom. The average Bonchev–Trinajstić information content (AvgIpc) is 3.33. The Balaban J connectivity index is 1.37. The van der Waals surface area contributed by atoms with Crippen molar-refractivity contribution < 1.29 is 35.5 Å². The van der Waals surface area contributed by atoms with Crippen molar-refractivity contribution in [2.75, 3.05) is 0 Å².